The van der Waals surface area contributed by atoms with Crippen molar-refractivity contribution in [3.05, 3.63) is 0 Å². The largest absolute Gasteiger partial charge is 0.481 e. The number of carbonyl (C=O) groups is 1. The summed E-state index contributed by atoms with van der Waals surface area (Å²) in [6.45, 7) is 6.89. The second-order valence-corrected chi connectivity index (χ2v) is 6.01. The van der Waals surface area contributed by atoms with Crippen LogP contribution in [0.15, 0.2) is 0 Å². The lowest BCUT2D eigenvalue weighted by Crippen LogP contribution is -2.32. The fourth-order valence-electron chi connectivity index (χ4n) is 2.71. The molecule has 1 aliphatic rings. The molecule has 0 saturated carbocycles. The van der Waals surface area contributed by atoms with Crippen LogP contribution in [0.3, 0.4) is 0 Å². The van der Waals surface area contributed by atoms with Gasteiger partial charge in [-0.3, -0.25) is 4.79 Å². The minimum atomic E-state index is -0.635. The van der Waals surface area contributed by atoms with Gasteiger partial charge in [0.05, 0.1) is 5.41 Å². The van der Waals surface area contributed by atoms with Crippen LogP contribution >= 0.6 is 0 Å². The fourth-order valence-corrected chi connectivity index (χ4v) is 2.71. The van der Waals surface area contributed by atoms with Gasteiger partial charge in [0.1, 0.15) is 0 Å². The average molecular weight is 255 g/mol. The minimum absolute atomic E-state index is 0.499. The molecule has 0 radical (unpaired) electrons. The zero-order chi connectivity index (χ0) is 13.4. The summed E-state index contributed by atoms with van der Waals surface area (Å²) < 4.78 is 0. The highest BCUT2D eigenvalue weighted by Crippen LogP contribution is 2.30. The summed E-state index contributed by atoms with van der Waals surface area (Å²) in [5.41, 5.74) is -0.499. The quantitative estimate of drug-likeness (QED) is 0.641. The van der Waals surface area contributed by atoms with E-state index < -0.39 is 11.4 Å². The Kier molecular flexibility index (Phi) is 6.69. The van der Waals surface area contributed by atoms with Crippen LogP contribution in [-0.4, -0.2) is 35.6 Å². The summed E-state index contributed by atoms with van der Waals surface area (Å²) in [7, 11) is 0. The Bertz CT molecular complexity index is 255. The van der Waals surface area contributed by atoms with E-state index in [1.54, 1.807) is 0 Å². The predicted molar refractivity (Wildman–Crippen MR) is 74.8 cm³/mol. The van der Waals surface area contributed by atoms with Crippen molar-refractivity contribution in [3.8, 4) is 0 Å². The van der Waals surface area contributed by atoms with Gasteiger partial charge in [0.25, 0.3) is 0 Å². The summed E-state index contributed by atoms with van der Waals surface area (Å²) in [4.78, 5) is 13.4. The van der Waals surface area contributed by atoms with Crippen molar-refractivity contribution in [2.75, 3.05) is 19.6 Å². The molecule has 0 bridgehead atoms. The molecule has 106 valence electrons. The molecule has 0 aromatic rings. The van der Waals surface area contributed by atoms with Crippen LogP contribution in [-0.2, 0) is 4.79 Å². The van der Waals surface area contributed by atoms with Crippen LogP contribution in [0, 0.1) is 5.41 Å². The lowest BCUT2D eigenvalue weighted by atomic mass is 9.90. The summed E-state index contributed by atoms with van der Waals surface area (Å²) in [5.74, 6) is -0.635. The van der Waals surface area contributed by atoms with E-state index in [0.717, 1.165) is 26.1 Å². The number of hydrogen-bond donors (Lipinski definition) is 1. The van der Waals surface area contributed by atoms with E-state index in [9.17, 15) is 4.79 Å². The molecule has 18 heavy (non-hydrogen) atoms. The molecule has 1 rings (SSSR count). The maximum Gasteiger partial charge on any atom is 0.310 e. The van der Waals surface area contributed by atoms with Gasteiger partial charge in [-0.1, -0.05) is 45.4 Å². The molecule has 1 heterocycles. The van der Waals surface area contributed by atoms with Crippen LogP contribution in [0.2, 0.25) is 0 Å². The van der Waals surface area contributed by atoms with Crippen molar-refractivity contribution in [3.63, 3.8) is 0 Å². The van der Waals surface area contributed by atoms with E-state index in [0.29, 0.717) is 0 Å². The molecule has 0 spiro atoms. The first-order valence-electron chi connectivity index (χ1n) is 7.54. The second-order valence-electron chi connectivity index (χ2n) is 6.01. The van der Waals surface area contributed by atoms with Crippen molar-refractivity contribution in [2.45, 2.75) is 65.2 Å². The second kappa shape index (κ2) is 7.78. The first-order valence-corrected chi connectivity index (χ1v) is 7.54. The maximum absolute atomic E-state index is 11.1. The van der Waals surface area contributed by atoms with Crippen molar-refractivity contribution < 1.29 is 9.90 Å². The van der Waals surface area contributed by atoms with Crippen LogP contribution in [0.1, 0.15) is 65.2 Å². The summed E-state index contributed by atoms with van der Waals surface area (Å²) in [6, 6.07) is 0. The third kappa shape index (κ3) is 4.97. The highest BCUT2D eigenvalue weighted by molar-refractivity contribution is 5.74. The van der Waals surface area contributed by atoms with E-state index in [2.05, 4.69) is 11.8 Å². The third-order valence-corrected chi connectivity index (χ3v) is 4.15. The molecule has 0 aromatic carbocycles. The highest BCUT2D eigenvalue weighted by atomic mass is 16.4. The van der Waals surface area contributed by atoms with Crippen molar-refractivity contribution in [1.82, 2.24) is 4.90 Å². The number of carboxylic acid groups (broad SMARTS) is 1. The van der Waals surface area contributed by atoms with Gasteiger partial charge in [-0.15, -0.1) is 0 Å². The lowest BCUT2D eigenvalue weighted by molar-refractivity contribution is -0.147. The van der Waals surface area contributed by atoms with Crippen LogP contribution in [0.4, 0.5) is 0 Å². The SMILES string of the molecule is CCCCCCCCCN1CCC(C)(C(=O)O)C1. The van der Waals surface area contributed by atoms with Crippen molar-refractivity contribution >= 4 is 5.97 Å². The maximum atomic E-state index is 11.1. The van der Waals surface area contributed by atoms with Gasteiger partial charge in [0, 0.05) is 6.54 Å². The van der Waals surface area contributed by atoms with Crippen LogP contribution in [0.25, 0.3) is 0 Å². The van der Waals surface area contributed by atoms with Gasteiger partial charge in [0.2, 0.25) is 0 Å². The van der Waals surface area contributed by atoms with E-state index in [1.165, 1.54) is 44.9 Å². The van der Waals surface area contributed by atoms with Gasteiger partial charge in [-0.25, -0.2) is 0 Å². The van der Waals surface area contributed by atoms with E-state index in [-0.39, 0.29) is 0 Å². The van der Waals surface area contributed by atoms with Crippen molar-refractivity contribution in [2.24, 2.45) is 5.41 Å². The van der Waals surface area contributed by atoms with E-state index in [1.807, 2.05) is 6.92 Å². The monoisotopic (exact) mass is 255 g/mol. The molecule has 1 saturated heterocycles. The third-order valence-electron chi connectivity index (χ3n) is 4.15. The van der Waals surface area contributed by atoms with Crippen LogP contribution < -0.4 is 0 Å². The Morgan fingerprint density at radius 3 is 2.33 bits per heavy atom. The number of unbranched alkanes of at least 4 members (excludes halogenated alkanes) is 6. The molecule has 0 amide bonds. The van der Waals surface area contributed by atoms with Crippen LogP contribution in [0.5, 0.6) is 0 Å². The first kappa shape index (κ1) is 15.5. The Labute approximate surface area is 112 Å². The molecule has 1 fully saturated rings. The zero-order valence-electron chi connectivity index (χ0n) is 12.1. The smallest absolute Gasteiger partial charge is 0.310 e. The number of likely N-dealkylation sites (tertiary alicyclic amines) is 1. The van der Waals surface area contributed by atoms with Gasteiger partial charge in [0.15, 0.2) is 0 Å². The Morgan fingerprint density at radius 2 is 1.78 bits per heavy atom. The highest BCUT2D eigenvalue weighted by Gasteiger charge is 2.39. The first-order chi connectivity index (χ1) is 8.58. The van der Waals surface area contributed by atoms with Gasteiger partial charge in [-0.2, -0.15) is 0 Å². The molecule has 1 atom stereocenters. The number of hydrogen-bond acceptors (Lipinski definition) is 2. The van der Waals surface area contributed by atoms with Gasteiger partial charge < -0.3 is 10.0 Å². The van der Waals surface area contributed by atoms with E-state index >= 15 is 0 Å². The number of rotatable bonds is 9. The molecular formula is C15H29NO2. The van der Waals surface area contributed by atoms with Gasteiger partial charge in [-0.05, 0) is 32.9 Å². The predicted octanol–water partition coefficient (Wildman–Crippen LogP) is 3.53. The molecule has 3 nitrogen and oxygen atoms in total. The molecule has 1 unspecified atom stereocenters. The van der Waals surface area contributed by atoms with Crippen molar-refractivity contribution in [1.29, 1.82) is 0 Å². The van der Waals surface area contributed by atoms with E-state index in [4.69, 9.17) is 5.11 Å². The van der Waals surface area contributed by atoms with Gasteiger partial charge >= 0.3 is 5.97 Å². The summed E-state index contributed by atoms with van der Waals surface area (Å²) in [6.07, 6.45) is 10.1. The Hall–Kier alpha value is -0.570. The number of aliphatic carboxylic acids is 1. The number of carboxylic acids is 1. The molecule has 3 heteroatoms. The topological polar surface area (TPSA) is 40.5 Å². The Morgan fingerprint density at radius 1 is 1.17 bits per heavy atom. The Balaban J connectivity index is 2.03. The average Bonchev–Trinajstić information content (AvgIpc) is 2.72. The normalized spacial score (nSPS) is 24.6. The fraction of sp³-hybridized carbons (Fsp3) is 0.933. The molecule has 0 aliphatic carbocycles. The molecule has 1 N–H and O–H groups in total. The summed E-state index contributed by atoms with van der Waals surface area (Å²) in [5, 5.41) is 9.16. The summed E-state index contributed by atoms with van der Waals surface area (Å²) >= 11 is 0. The molecule has 1 aliphatic heterocycles. The zero-order valence-corrected chi connectivity index (χ0v) is 12.1. The lowest BCUT2D eigenvalue weighted by Gasteiger charge is -2.19. The minimum Gasteiger partial charge on any atom is -0.481 e. The molecular weight excluding hydrogens is 226 g/mol. The number of nitrogens with zero attached hydrogens (tertiary/aromatic N) is 1. The standard InChI is InChI=1S/C15H29NO2/c1-3-4-5-6-7-8-9-11-16-12-10-15(2,13-16)14(17)18/h3-13H2,1-2H3,(H,17,18). The molecule has 0 aromatic heterocycles.